The van der Waals surface area contributed by atoms with Crippen LogP contribution in [0.5, 0.6) is 0 Å². The van der Waals surface area contributed by atoms with E-state index >= 15 is 0 Å². The van der Waals surface area contributed by atoms with Crippen molar-refractivity contribution in [3.05, 3.63) is 0 Å². The number of esters is 1. The average molecular weight is 305 g/mol. The van der Waals surface area contributed by atoms with Gasteiger partial charge >= 0.3 is 5.97 Å². The highest BCUT2D eigenvalue weighted by atomic mass is 32.2. The van der Waals surface area contributed by atoms with Crippen molar-refractivity contribution in [1.29, 1.82) is 0 Å². The van der Waals surface area contributed by atoms with Gasteiger partial charge in [-0.1, -0.05) is 39.0 Å². The first kappa shape index (κ1) is 17.4. The molecule has 1 unspecified atom stereocenters. The summed E-state index contributed by atoms with van der Waals surface area (Å²) in [6.45, 7) is 2.76. The van der Waals surface area contributed by atoms with Crippen molar-refractivity contribution in [2.45, 2.75) is 57.9 Å². The molecule has 0 aromatic carbocycles. The van der Waals surface area contributed by atoms with Crippen LogP contribution in [0.15, 0.2) is 0 Å². The number of ether oxygens (including phenoxy) is 1. The van der Waals surface area contributed by atoms with Gasteiger partial charge in [0, 0.05) is 6.04 Å². The Labute approximate surface area is 122 Å². The van der Waals surface area contributed by atoms with E-state index in [2.05, 4.69) is 12.2 Å². The molecule has 5 nitrogen and oxygen atoms in total. The topological polar surface area (TPSA) is 72.5 Å². The molecule has 0 amide bonds. The van der Waals surface area contributed by atoms with Gasteiger partial charge in [-0.05, 0) is 12.8 Å². The van der Waals surface area contributed by atoms with E-state index in [1.165, 1.54) is 25.7 Å². The first-order valence-electron chi connectivity index (χ1n) is 7.63. The molecule has 0 aliphatic carbocycles. The lowest BCUT2D eigenvalue weighted by atomic mass is 10.1. The smallest absolute Gasteiger partial charge is 0.319 e. The zero-order valence-corrected chi connectivity index (χ0v) is 13.2. The molecule has 0 saturated carbocycles. The lowest BCUT2D eigenvalue weighted by molar-refractivity contribution is -0.142. The van der Waals surface area contributed by atoms with Crippen LogP contribution in [-0.2, 0) is 19.4 Å². The summed E-state index contributed by atoms with van der Waals surface area (Å²) in [6, 6.07) is -0.0957. The normalized spacial score (nSPS) is 20.9. The van der Waals surface area contributed by atoms with E-state index in [1.54, 1.807) is 0 Å². The van der Waals surface area contributed by atoms with Crippen LogP contribution < -0.4 is 5.32 Å². The maximum atomic E-state index is 11.5. The first-order chi connectivity index (χ1) is 9.53. The summed E-state index contributed by atoms with van der Waals surface area (Å²) >= 11 is 0. The van der Waals surface area contributed by atoms with E-state index in [9.17, 15) is 13.2 Å². The fourth-order valence-electron chi connectivity index (χ4n) is 2.30. The van der Waals surface area contributed by atoms with Crippen LogP contribution in [0, 0.1) is 0 Å². The summed E-state index contributed by atoms with van der Waals surface area (Å²) in [5.41, 5.74) is 0. The van der Waals surface area contributed by atoms with Crippen molar-refractivity contribution in [2.75, 3.05) is 24.7 Å². The molecule has 0 bridgehead atoms. The monoisotopic (exact) mass is 305 g/mol. The minimum Gasteiger partial charge on any atom is -0.465 e. The zero-order valence-electron chi connectivity index (χ0n) is 12.4. The van der Waals surface area contributed by atoms with Gasteiger partial charge in [0.05, 0.1) is 24.7 Å². The molecule has 1 atom stereocenters. The van der Waals surface area contributed by atoms with Crippen LogP contribution in [0.1, 0.15) is 51.9 Å². The van der Waals surface area contributed by atoms with E-state index < -0.39 is 9.84 Å². The average Bonchev–Trinajstić information content (AvgIpc) is 2.75. The van der Waals surface area contributed by atoms with Crippen molar-refractivity contribution in [2.24, 2.45) is 0 Å². The van der Waals surface area contributed by atoms with Crippen LogP contribution in [0.25, 0.3) is 0 Å². The van der Waals surface area contributed by atoms with Crippen LogP contribution in [0.3, 0.4) is 0 Å². The Morgan fingerprint density at radius 3 is 2.55 bits per heavy atom. The van der Waals surface area contributed by atoms with Gasteiger partial charge in [0.15, 0.2) is 9.84 Å². The van der Waals surface area contributed by atoms with Crippen molar-refractivity contribution < 1.29 is 17.9 Å². The van der Waals surface area contributed by atoms with Gasteiger partial charge in [-0.15, -0.1) is 0 Å². The maximum Gasteiger partial charge on any atom is 0.319 e. The first-order valence-corrected chi connectivity index (χ1v) is 9.45. The summed E-state index contributed by atoms with van der Waals surface area (Å²) in [4.78, 5) is 11.5. The van der Waals surface area contributed by atoms with Crippen molar-refractivity contribution in [3.63, 3.8) is 0 Å². The third kappa shape index (κ3) is 7.85. The SMILES string of the molecule is CCCCCCCCOC(=O)CNC1CCS(=O)(=O)C1. The summed E-state index contributed by atoms with van der Waals surface area (Å²) in [7, 11) is -2.89. The molecule has 0 aromatic rings. The van der Waals surface area contributed by atoms with Gasteiger partial charge < -0.3 is 10.1 Å². The molecule has 0 radical (unpaired) electrons. The van der Waals surface area contributed by atoms with Gasteiger partial charge in [-0.3, -0.25) is 4.79 Å². The lowest BCUT2D eigenvalue weighted by Gasteiger charge is -2.10. The fourth-order valence-corrected chi connectivity index (χ4v) is 4.01. The third-order valence-electron chi connectivity index (χ3n) is 3.53. The highest BCUT2D eigenvalue weighted by Gasteiger charge is 2.27. The molecular weight excluding hydrogens is 278 g/mol. The predicted molar refractivity (Wildman–Crippen MR) is 79.4 cm³/mol. The molecular formula is C14H27NO4S. The second kappa shape index (κ2) is 9.34. The Kier molecular flexibility index (Phi) is 8.14. The van der Waals surface area contributed by atoms with Crippen molar-refractivity contribution in [1.82, 2.24) is 5.32 Å². The predicted octanol–water partition coefficient (Wildman–Crippen LogP) is 1.67. The molecule has 1 aliphatic heterocycles. The second-order valence-corrected chi connectivity index (χ2v) is 7.70. The Hall–Kier alpha value is -0.620. The lowest BCUT2D eigenvalue weighted by Crippen LogP contribution is -2.35. The number of unbranched alkanes of at least 4 members (excludes halogenated alkanes) is 5. The molecule has 20 heavy (non-hydrogen) atoms. The molecule has 1 aliphatic rings. The molecule has 1 N–H and O–H groups in total. The highest BCUT2D eigenvalue weighted by molar-refractivity contribution is 7.91. The molecule has 1 heterocycles. The van der Waals surface area contributed by atoms with Crippen LogP contribution in [0.4, 0.5) is 0 Å². The Balaban J connectivity index is 1.96. The number of nitrogens with one attached hydrogen (secondary N) is 1. The van der Waals surface area contributed by atoms with E-state index in [0.717, 1.165) is 12.8 Å². The van der Waals surface area contributed by atoms with E-state index in [1.807, 2.05) is 0 Å². The number of hydrogen-bond acceptors (Lipinski definition) is 5. The summed E-state index contributed by atoms with van der Waals surface area (Å²) in [5, 5.41) is 2.95. The zero-order chi connectivity index (χ0) is 14.8. The quantitative estimate of drug-likeness (QED) is 0.491. The van der Waals surface area contributed by atoms with Crippen molar-refractivity contribution >= 4 is 15.8 Å². The molecule has 6 heteroatoms. The van der Waals surface area contributed by atoms with Gasteiger partial charge in [0.1, 0.15) is 0 Å². The number of rotatable bonds is 10. The summed E-state index contributed by atoms with van der Waals surface area (Å²) < 4.78 is 27.6. The molecule has 1 rings (SSSR count). The van der Waals surface area contributed by atoms with Crippen LogP contribution in [-0.4, -0.2) is 45.1 Å². The standard InChI is InChI=1S/C14H27NO4S/c1-2-3-4-5-6-7-9-19-14(16)11-15-13-8-10-20(17,18)12-13/h13,15H,2-12H2,1H3. The van der Waals surface area contributed by atoms with Gasteiger partial charge in [-0.2, -0.15) is 0 Å². The van der Waals surface area contributed by atoms with Crippen LogP contribution in [0.2, 0.25) is 0 Å². The highest BCUT2D eigenvalue weighted by Crippen LogP contribution is 2.10. The van der Waals surface area contributed by atoms with E-state index in [4.69, 9.17) is 4.74 Å². The van der Waals surface area contributed by atoms with Gasteiger partial charge in [0.2, 0.25) is 0 Å². The number of carbonyl (C=O) groups is 1. The second-order valence-electron chi connectivity index (χ2n) is 5.47. The minimum atomic E-state index is -2.89. The largest absolute Gasteiger partial charge is 0.465 e. The summed E-state index contributed by atoms with van der Waals surface area (Å²) in [5.74, 6) is 0.0673. The molecule has 1 saturated heterocycles. The van der Waals surface area contributed by atoms with Crippen molar-refractivity contribution in [3.8, 4) is 0 Å². The molecule has 1 fully saturated rings. The minimum absolute atomic E-state index is 0.0957. The molecule has 0 spiro atoms. The van der Waals surface area contributed by atoms with Gasteiger partial charge in [0.25, 0.3) is 0 Å². The Morgan fingerprint density at radius 2 is 1.90 bits per heavy atom. The van der Waals surface area contributed by atoms with Gasteiger partial charge in [-0.25, -0.2) is 8.42 Å². The Bertz CT molecular complexity index is 381. The van der Waals surface area contributed by atoms with E-state index in [0.29, 0.717) is 13.0 Å². The van der Waals surface area contributed by atoms with E-state index in [-0.39, 0.29) is 30.1 Å². The fraction of sp³-hybridized carbons (Fsp3) is 0.929. The third-order valence-corrected chi connectivity index (χ3v) is 5.30. The maximum absolute atomic E-state index is 11.5. The number of hydrogen-bond donors (Lipinski definition) is 1. The van der Waals surface area contributed by atoms with Crippen LogP contribution >= 0.6 is 0 Å². The molecule has 118 valence electrons. The summed E-state index contributed by atoms with van der Waals surface area (Å²) in [6.07, 6.45) is 7.55. The Morgan fingerprint density at radius 1 is 1.20 bits per heavy atom. The number of sulfone groups is 1. The number of carbonyl (C=O) groups excluding carboxylic acids is 1. The molecule has 0 aromatic heterocycles.